The molecule has 2 aromatic carbocycles. The summed E-state index contributed by atoms with van der Waals surface area (Å²) in [5.74, 6) is -0.507. The second-order valence-corrected chi connectivity index (χ2v) is 7.93. The second-order valence-electron chi connectivity index (χ2n) is 6.58. The summed E-state index contributed by atoms with van der Waals surface area (Å²) in [5.41, 5.74) is -0.0131. The minimum atomic E-state index is -4.74. The molecule has 0 amide bonds. The number of non-ortho nitro benzene ring substituents is 1. The summed E-state index contributed by atoms with van der Waals surface area (Å²) in [6.45, 7) is 0. The Morgan fingerprint density at radius 2 is 1.72 bits per heavy atom. The molecule has 0 spiro atoms. The topological polar surface area (TPSA) is 156 Å². The van der Waals surface area contributed by atoms with E-state index in [2.05, 4.69) is 4.99 Å². The van der Waals surface area contributed by atoms with Crippen LogP contribution in [0.2, 0.25) is 0 Å². The lowest BCUT2D eigenvalue weighted by atomic mass is 9.81. The van der Waals surface area contributed by atoms with Crippen LogP contribution >= 0.6 is 0 Å². The SMILES string of the molecule is O=[N+]([O-])c1ccc(C2CCCCC2=Nc2ccccc2S(=O)(=O)[O-])c([N+](=O)[O-])c1. The summed E-state index contributed by atoms with van der Waals surface area (Å²) in [4.78, 5) is 25.0. The van der Waals surface area contributed by atoms with Gasteiger partial charge in [-0.05, 0) is 37.5 Å². The molecular formula is C18H16N3O7S-. The third kappa shape index (κ3) is 4.46. The Kier molecular flexibility index (Phi) is 5.71. The van der Waals surface area contributed by atoms with Crippen LogP contribution in [0, 0.1) is 20.2 Å². The van der Waals surface area contributed by atoms with Crippen LogP contribution in [0.3, 0.4) is 0 Å². The van der Waals surface area contributed by atoms with E-state index in [0.29, 0.717) is 18.6 Å². The van der Waals surface area contributed by atoms with Gasteiger partial charge in [0, 0.05) is 23.3 Å². The molecule has 10 nitrogen and oxygen atoms in total. The van der Waals surface area contributed by atoms with Gasteiger partial charge >= 0.3 is 0 Å². The van der Waals surface area contributed by atoms with Gasteiger partial charge in [-0.25, -0.2) is 8.42 Å². The van der Waals surface area contributed by atoms with Gasteiger partial charge in [0.25, 0.3) is 11.4 Å². The van der Waals surface area contributed by atoms with Crippen molar-refractivity contribution in [3.8, 4) is 0 Å². The predicted molar refractivity (Wildman–Crippen MR) is 102 cm³/mol. The Morgan fingerprint density at radius 3 is 2.38 bits per heavy atom. The molecule has 0 aliphatic heterocycles. The van der Waals surface area contributed by atoms with Crippen LogP contribution in [0.25, 0.3) is 0 Å². The van der Waals surface area contributed by atoms with Crippen LogP contribution in [0.1, 0.15) is 37.2 Å². The summed E-state index contributed by atoms with van der Waals surface area (Å²) < 4.78 is 34.5. The number of rotatable bonds is 5. The molecule has 152 valence electrons. The molecule has 0 aromatic heterocycles. The third-order valence-electron chi connectivity index (χ3n) is 4.77. The fraction of sp³-hybridized carbons (Fsp3) is 0.278. The lowest BCUT2D eigenvalue weighted by molar-refractivity contribution is -0.394. The zero-order chi connectivity index (χ0) is 21.2. The van der Waals surface area contributed by atoms with E-state index in [-0.39, 0.29) is 16.9 Å². The Hall–Kier alpha value is -3.18. The summed E-state index contributed by atoms with van der Waals surface area (Å²) in [5, 5.41) is 22.5. The highest BCUT2D eigenvalue weighted by Gasteiger charge is 2.30. The van der Waals surface area contributed by atoms with Gasteiger partial charge in [-0.15, -0.1) is 0 Å². The van der Waals surface area contributed by atoms with Crippen molar-refractivity contribution in [2.75, 3.05) is 0 Å². The fourth-order valence-corrected chi connectivity index (χ4v) is 4.09. The van der Waals surface area contributed by atoms with E-state index in [1.165, 1.54) is 24.3 Å². The molecule has 1 saturated carbocycles. The molecule has 11 heteroatoms. The number of nitro groups is 2. The highest BCUT2D eigenvalue weighted by molar-refractivity contribution is 7.86. The first-order valence-electron chi connectivity index (χ1n) is 8.73. The van der Waals surface area contributed by atoms with Crippen molar-refractivity contribution in [3.05, 3.63) is 68.3 Å². The van der Waals surface area contributed by atoms with Crippen LogP contribution in [0.5, 0.6) is 0 Å². The van der Waals surface area contributed by atoms with Crippen LogP contribution in [0.15, 0.2) is 52.4 Å². The monoisotopic (exact) mass is 418 g/mol. The molecule has 1 fully saturated rings. The quantitative estimate of drug-likeness (QED) is 0.405. The van der Waals surface area contributed by atoms with Crippen LogP contribution in [-0.4, -0.2) is 28.5 Å². The number of aliphatic imine (C=N–C) groups is 1. The van der Waals surface area contributed by atoms with E-state index >= 15 is 0 Å². The number of para-hydroxylation sites is 1. The van der Waals surface area contributed by atoms with Gasteiger partial charge in [0.1, 0.15) is 10.1 Å². The van der Waals surface area contributed by atoms with Gasteiger partial charge in [-0.2, -0.15) is 0 Å². The van der Waals surface area contributed by atoms with Gasteiger partial charge in [-0.1, -0.05) is 18.6 Å². The predicted octanol–water partition coefficient (Wildman–Crippen LogP) is 3.84. The smallest absolute Gasteiger partial charge is 0.280 e. The average Bonchev–Trinajstić information content (AvgIpc) is 2.67. The van der Waals surface area contributed by atoms with Gasteiger partial charge in [0.15, 0.2) is 0 Å². The molecule has 1 unspecified atom stereocenters. The number of nitrogens with zero attached hydrogens (tertiary/aromatic N) is 3. The molecule has 1 atom stereocenters. The Labute approximate surface area is 166 Å². The van der Waals surface area contributed by atoms with E-state index < -0.39 is 36.5 Å². The van der Waals surface area contributed by atoms with Crippen LogP contribution in [-0.2, 0) is 10.1 Å². The van der Waals surface area contributed by atoms with Gasteiger partial charge in [0.2, 0.25) is 0 Å². The molecule has 0 radical (unpaired) electrons. The fourth-order valence-electron chi connectivity index (χ4n) is 3.48. The zero-order valence-corrected chi connectivity index (χ0v) is 15.9. The standard InChI is InChI=1S/C18H17N3O7S/c22-20(23)12-9-10-14(17(11-12)21(24)25)13-5-1-2-6-15(13)19-16-7-3-4-8-18(16)29(26,27)28/h3-4,7-11,13H,1-2,5-6H2,(H,26,27,28)/p-1. The summed E-state index contributed by atoms with van der Waals surface area (Å²) in [7, 11) is -4.74. The van der Waals surface area contributed by atoms with E-state index in [4.69, 9.17) is 0 Å². The minimum Gasteiger partial charge on any atom is -0.744 e. The molecular weight excluding hydrogens is 402 g/mol. The van der Waals surface area contributed by atoms with E-state index in [1.807, 2.05) is 0 Å². The molecule has 0 saturated heterocycles. The third-order valence-corrected chi connectivity index (χ3v) is 5.66. The number of hydrogen-bond acceptors (Lipinski definition) is 8. The van der Waals surface area contributed by atoms with Crippen LogP contribution < -0.4 is 0 Å². The van der Waals surface area contributed by atoms with Crippen molar-refractivity contribution in [3.63, 3.8) is 0 Å². The number of hydrogen-bond donors (Lipinski definition) is 0. The highest BCUT2D eigenvalue weighted by atomic mass is 32.2. The molecule has 2 aromatic rings. The molecule has 1 aliphatic carbocycles. The van der Waals surface area contributed by atoms with Crippen molar-refractivity contribution in [1.82, 2.24) is 0 Å². The average molecular weight is 418 g/mol. The largest absolute Gasteiger partial charge is 0.744 e. The normalized spacial score (nSPS) is 18.5. The molecule has 0 heterocycles. The first-order valence-corrected chi connectivity index (χ1v) is 10.1. The molecule has 29 heavy (non-hydrogen) atoms. The van der Waals surface area contributed by atoms with E-state index in [1.54, 1.807) is 6.07 Å². The van der Waals surface area contributed by atoms with Crippen LogP contribution in [0.4, 0.5) is 17.1 Å². The minimum absolute atomic E-state index is 0.0195. The molecule has 0 bridgehead atoms. The van der Waals surface area contributed by atoms with E-state index in [9.17, 15) is 33.2 Å². The maximum atomic E-state index is 11.5. The lowest BCUT2D eigenvalue weighted by Gasteiger charge is -2.25. The highest BCUT2D eigenvalue weighted by Crippen LogP contribution is 2.39. The summed E-state index contributed by atoms with van der Waals surface area (Å²) in [6.07, 6.45) is 2.50. The number of benzene rings is 2. The van der Waals surface area contributed by atoms with Crippen molar-refractivity contribution in [2.45, 2.75) is 36.5 Å². The van der Waals surface area contributed by atoms with Gasteiger partial charge < -0.3 is 4.55 Å². The van der Waals surface area contributed by atoms with Crippen molar-refractivity contribution >= 4 is 32.9 Å². The van der Waals surface area contributed by atoms with Crippen molar-refractivity contribution in [2.24, 2.45) is 4.99 Å². The van der Waals surface area contributed by atoms with Crippen molar-refractivity contribution in [1.29, 1.82) is 0 Å². The molecule has 1 aliphatic rings. The van der Waals surface area contributed by atoms with Gasteiger partial charge in [-0.3, -0.25) is 25.2 Å². The maximum absolute atomic E-state index is 11.5. The number of nitro benzene ring substituents is 2. The molecule has 0 N–H and O–H groups in total. The van der Waals surface area contributed by atoms with E-state index in [0.717, 1.165) is 25.0 Å². The van der Waals surface area contributed by atoms with Crippen molar-refractivity contribution < 1.29 is 22.8 Å². The first-order chi connectivity index (χ1) is 13.7. The Balaban J connectivity index is 2.12. The zero-order valence-electron chi connectivity index (χ0n) is 15.1. The first kappa shape index (κ1) is 20.6. The summed E-state index contributed by atoms with van der Waals surface area (Å²) >= 11 is 0. The van der Waals surface area contributed by atoms with Gasteiger partial charge in [0.05, 0.1) is 26.5 Å². The maximum Gasteiger partial charge on any atom is 0.280 e. The summed E-state index contributed by atoms with van der Waals surface area (Å²) in [6, 6.07) is 8.97. The Bertz CT molecular complexity index is 1110. The second kappa shape index (κ2) is 8.05. The lowest BCUT2D eigenvalue weighted by Crippen LogP contribution is -2.19. The molecule has 3 rings (SSSR count). The Morgan fingerprint density at radius 1 is 1.00 bits per heavy atom.